The van der Waals surface area contributed by atoms with Crippen molar-refractivity contribution in [2.75, 3.05) is 5.75 Å². The highest BCUT2D eigenvalue weighted by molar-refractivity contribution is 8.13. The van der Waals surface area contributed by atoms with Crippen molar-refractivity contribution in [3.63, 3.8) is 0 Å². The molecule has 0 spiro atoms. The summed E-state index contributed by atoms with van der Waals surface area (Å²) in [6, 6.07) is 16.9. The summed E-state index contributed by atoms with van der Waals surface area (Å²) in [5.41, 5.74) is 1.71. The van der Waals surface area contributed by atoms with Crippen LogP contribution in [0.15, 0.2) is 54.6 Å². The van der Waals surface area contributed by atoms with Crippen molar-refractivity contribution in [3.05, 3.63) is 65.7 Å². The van der Waals surface area contributed by atoms with Gasteiger partial charge in [-0.2, -0.15) is 0 Å². The first-order valence-electron chi connectivity index (χ1n) is 7.82. The molecule has 2 N–H and O–H groups in total. The molecule has 0 aliphatic rings. The molecule has 0 heterocycles. The molecule has 0 aliphatic carbocycles. The SMILES string of the molecule is CC(=O)SCCC(O)C(O)c1ccc(OCc2ccccc2)cc1. The Labute approximate surface area is 146 Å². The Bertz CT molecular complexity index is 628. The van der Waals surface area contributed by atoms with Gasteiger partial charge in [-0.1, -0.05) is 54.2 Å². The van der Waals surface area contributed by atoms with E-state index in [0.717, 1.165) is 17.3 Å². The Morgan fingerprint density at radius 1 is 1.08 bits per heavy atom. The van der Waals surface area contributed by atoms with Gasteiger partial charge in [-0.05, 0) is 29.7 Å². The first kappa shape index (κ1) is 18.5. The van der Waals surface area contributed by atoms with E-state index in [1.54, 1.807) is 24.3 Å². The third-order valence-electron chi connectivity index (χ3n) is 3.55. The largest absolute Gasteiger partial charge is 0.489 e. The fourth-order valence-corrected chi connectivity index (χ4v) is 2.85. The Morgan fingerprint density at radius 2 is 1.75 bits per heavy atom. The molecule has 0 saturated carbocycles. The van der Waals surface area contributed by atoms with Crippen LogP contribution >= 0.6 is 11.8 Å². The molecule has 24 heavy (non-hydrogen) atoms. The third kappa shape index (κ3) is 6.00. The van der Waals surface area contributed by atoms with E-state index in [2.05, 4.69) is 0 Å². The quantitative estimate of drug-likeness (QED) is 0.767. The van der Waals surface area contributed by atoms with E-state index < -0.39 is 12.2 Å². The standard InChI is InChI=1S/C19H22O4S/c1-14(20)24-12-11-18(21)19(22)16-7-9-17(10-8-16)23-13-15-5-3-2-4-6-15/h2-10,18-19,21-22H,11-13H2,1H3. The van der Waals surface area contributed by atoms with Crippen LogP contribution in [-0.4, -0.2) is 27.2 Å². The van der Waals surface area contributed by atoms with Gasteiger partial charge in [0, 0.05) is 12.7 Å². The summed E-state index contributed by atoms with van der Waals surface area (Å²) in [5.74, 6) is 1.20. The summed E-state index contributed by atoms with van der Waals surface area (Å²) >= 11 is 1.15. The number of carbonyl (C=O) groups is 1. The second-order valence-electron chi connectivity index (χ2n) is 5.48. The van der Waals surface area contributed by atoms with E-state index in [-0.39, 0.29) is 5.12 Å². The maximum Gasteiger partial charge on any atom is 0.185 e. The van der Waals surface area contributed by atoms with Crippen LogP contribution in [0.2, 0.25) is 0 Å². The zero-order valence-corrected chi connectivity index (χ0v) is 14.4. The van der Waals surface area contributed by atoms with Crippen LogP contribution in [0.5, 0.6) is 5.75 Å². The predicted octanol–water partition coefficient (Wildman–Crippen LogP) is 3.33. The molecular formula is C19H22O4S. The average Bonchev–Trinajstić information content (AvgIpc) is 2.60. The Hall–Kier alpha value is -1.82. The third-order valence-corrected chi connectivity index (χ3v) is 4.40. The second-order valence-corrected chi connectivity index (χ2v) is 6.76. The topological polar surface area (TPSA) is 66.8 Å². The van der Waals surface area contributed by atoms with Crippen molar-refractivity contribution in [1.82, 2.24) is 0 Å². The highest BCUT2D eigenvalue weighted by atomic mass is 32.2. The number of aliphatic hydroxyl groups is 2. The highest BCUT2D eigenvalue weighted by Gasteiger charge is 2.18. The highest BCUT2D eigenvalue weighted by Crippen LogP contribution is 2.23. The fourth-order valence-electron chi connectivity index (χ4n) is 2.21. The molecule has 2 rings (SSSR count). The Kier molecular flexibility index (Phi) is 7.31. The van der Waals surface area contributed by atoms with Crippen molar-refractivity contribution < 1.29 is 19.7 Å². The van der Waals surface area contributed by atoms with Crippen LogP contribution in [0.4, 0.5) is 0 Å². The molecule has 2 atom stereocenters. The van der Waals surface area contributed by atoms with Crippen LogP contribution < -0.4 is 4.74 Å². The first-order chi connectivity index (χ1) is 11.6. The molecule has 0 amide bonds. The average molecular weight is 346 g/mol. The van der Waals surface area contributed by atoms with Gasteiger partial charge in [0.2, 0.25) is 0 Å². The molecule has 2 aromatic carbocycles. The van der Waals surface area contributed by atoms with Gasteiger partial charge in [0.25, 0.3) is 0 Å². The van der Waals surface area contributed by atoms with E-state index in [4.69, 9.17) is 4.74 Å². The summed E-state index contributed by atoms with van der Waals surface area (Å²) in [6.45, 7) is 1.97. The zero-order chi connectivity index (χ0) is 17.4. The molecule has 0 aliphatic heterocycles. The molecule has 4 nitrogen and oxygen atoms in total. The second kappa shape index (κ2) is 9.47. The summed E-state index contributed by atoms with van der Waals surface area (Å²) in [4.78, 5) is 10.9. The normalized spacial score (nSPS) is 13.3. The molecule has 0 bridgehead atoms. The van der Waals surface area contributed by atoms with Gasteiger partial charge in [0.1, 0.15) is 18.5 Å². The minimum absolute atomic E-state index is 0.0107. The fraction of sp³-hybridized carbons (Fsp3) is 0.316. The molecule has 2 unspecified atom stereocenters. The number of thioether (sulfide) groups is 1. The molecule has 2 aromatic rings. The van der Waals surface area contributed by atoms with Crippen LogP contribution in [-0.2, 0) is 11.4 Å². The summed E-state index contributed by atoms with van der Waals surface area (Å²) < 4.78 is 5.69. The van der Waals surface area contributed by atoms with Crippen LogP contribution in [0.3, 0.4) is 0 Å². The molecule has 5 heteroatoms. The van der Waals surface area contributed by atoms with Crippen molar-refractivity contribution >= 4 is 16.9 Å². The van der Waals surface area contributed by atoms with Crippen LogP contribution in [0.1, 0.15) is 30.6 Å². The minimum atomic E-state index is -0.972. The van der Waals surface area contributed by atoms with E-state index in [9.17, 15) is 15.0 Å². The number of aliphatic hydroxyl groups excluding tert-OH is 2. The number of hydrogen-bond donors (Lipinski definition) is 2. The van der Waals surface area contributed by atoms with Crippen molar-refractivity contribution in [2.45, 2.75) is 32.2 Å². The lowest BCUT2D eigenvalue weighted by atomic mass is 10.0. The van der Waals surface area contributed by atoms with E-state index in [0.29, 0.717) is 30.1 Å². The molecule has 0 radical (unpaired) electrons. The molecule has 128 valence electrons. The molecule has 0 saturated heterocycles. The number of hydrogen-bond acceptors (Lipinski definition) is 5. The number of ether oxygens (including phenoxy) is 1. The number of carbonyl (C=O) groups excluding carboxylic acids is 1. The lowest BCUT2D eigenvalue weighted by Gasteiger charge is -2.18. The van der Waals surface area contributed by atoms with Crippen LogP contribution in [0, 0.1) is 0 Å². The molecular weight excluding hydrogens is 324 g/mol. The van der Waals surface area contributed by atoms with Gasteiger partial charge >= 0.3 is 0 Å². The number of benzene rings is 2. The van der Waals surface area contributed by atoms with Gasteiger partial charge in [-0.3, -0.25) is 4.79 Å². The monoisotopic (exact) mass is 346 g/mol. The van der Waals surface area contributed by atoms with Gasteiger partial charge in [-0.25, -0.2) is 0 Å². The summed E-state index contributed by atoms with van der Waals surface area (Å²) in [6.07, 6.45) is -1.51. The minimum Gasteiger partial charge on any atom is -0.489 e. The van der Waals surface area contributed by atoms with Gasteiger partial charge in [0.15, 0.2) is 5.12 Å². The van der Waals surface area contributed by atoms with E-state index in [1.807, 2.05) is 30.3 Å². The van der Waals surface area contributed by atoms with Crippen molar-refractivity contribution in [3.8, 4) is 5.75 Å². The predicted molar refractivity (Wildman–Crippen MR) is 95.9 cm³/mol. The van der Waals surface area contributed by atoms with Crippen molar-refractivity contribution in [2.24, 2.45) is 0 Å². The Balaban J connectivity index is 1.85. The first-order valence-corrected chi connectivity index (χ1v) is 8.81. The molecule has 0 fully saturated rings. The number of rotatable bonds is 8. The van der Waals surface area contributed by atoms with Crippen LogP contribution in [0.25, 0.3) is 0 Å². The summed E-state index contributed by atoms with van der Waals surface area (Å²) in [7, 11) is 0. The van der Waals surface area contributed by atoms with Gasteiger partial charge in [-0.15, -0.1) is 0 Å². The zero-order valence-electron chi connectivity index (χ0n) is 13.6. The maximum absolute atomic E-state index is 10.9. The lowest BCUT2D eigenvalue weighted by molar-refractivity contribution is -0.109. The smallest absolute Gasteiger partial charge is 0.185 e. The van der Waals surface area contributed by atoms with E-state index in [1.165, 1.54) is 6.92 Å². The molecule has 0 aromatic heterocycles. The lowest BCUT2D eigenvalue weighted by Crippen LogP contribution is -2.19. The summed E-state index contributed by atoms with van der Waals surface area (Å²) in [5, 5.41) is 20.2. The Morgan fingerprint density at radius 3 is 2.38 bits per heavy atom. The maximum atomic E-state index is 10.9. The van der Waals surface area contributed by atoms with Gasteiger partial charge in [0.05, 0.1) is 6.10 Å². The van der Waals surface area contributed by atoms with E-state index >= 15 is 0 Å². The van der Waals surface area contributed by atoms with Crippen molar-refractivity contribution in [1.29, 1.82) is 0 Å². The van der Waals surface area contributed by atoms with Gasteiger partial charge < -0.3 is 14.9 Å².